The van der Waals surface area contributed by atoms with Crippen LogP contribution in [0.25, 0.3) is 16.7 Å². The lowest BCUT2D eigenvalue weighted by atomic mass is 9.91. The Morgan fingerprint density at radius 2 is 1.52 bits per heavy atom. The average Bonchev–Trinajstić information content (AvgIpc) is 2.95. The first-order valence-electron chi connectivity index (χ1n) is 10.5. The Morgan fingerprint density at radius 1 is 0.778 bits per heavy atom. The van der Waals surface area contributed by atoms with E-state index in [9.17, 15) is 0 Å². The van der Waals surface area contributed by atoms with Crippen LogP contribution in [0.3, 0.4) is 0 Å². The third-order valence-electron chi connectivity index (χ3n) is 6.33. The zero-order valence-electron chi connectivity index (χ0n) is 16.9. The summed E-state index contributed by atoms with van der Waals surface area (Å²) in [4.78, 5) is 0. The second-order valence-corrected chi connectivity index (χ2v) is 8.34. The van der Waals surface area contributed by atoms with Gasteiger partial charge in [-0.15, -0.1) is 0 Å². The summed E-state index contributed by atoms with van der Waals surface area (Å²) in [5.41, 5.74) is 11.2. The molecule has 2 aromatic rings. The minimum Gasteiger partial charge on any atom is -0.382 e. The molecule has 140 valence electrons. The molecule has 1 nitrogen and oxygen atoms in total. The highest BCUT2D eigenvalue weighted by molar-refractivity contribution is 5.91. The van der Waals surface area contributed by atoms with Gasteiger partial charge in [-0.2, -0.15) is 0 Å². The van der Waals surface area contributed by atoms with Crippen molar-refractivity contribution in [2.75, 3.05) is 5.32 Å². The first-order chi connectivity index (χ1) is 13.1. The monoisotopic (exact) mass is 357 g/mol. The van der Waals surface area contributed by atoms with E-state index in [0.717, 1.165) is 6.42 Å². The Kier molecular flexibility index (Phi) is 5.20. The standard InChI is InChI=1S/C26H31N/c1-18-16-19(2)26(20(18)3)24-17-22(21-10-6-4-7-11-21)14-15-25(24)27-23-12-8-5-9-13-23/h4,6-7,10-11,14-15,17,23,27H,5,8-9,12-13,16H2,1-3H3. The second kappa shape index (κ2) is 7.76. The number of anilines is 1. The average molecular weight is 358 g/mol. The fraction of sp³-hybridized carbons (Fsp3) is 0.385. The maximum absolute atomic E-state index is 3.90. The molecule has 2 aliphatic carbocycles. The Labute approximate surface area is 164 Å². The predicted molar refractivity (Wildman–Crippen MR) is 118 cm³/mol. The molecule has 0 aliphatic heterocycles. The van der Waals surface area contributed by atoms with Crippen LogP contribution in [-0.2, 0) is 0 Å². The molecule has 4 rings (SSSR count). The summed E-state index contributed by atoms with van der Waals surface area (Å²) < 4.78 is 0. The summed E-state index contributed by atoms with van der Waals surface area (Å²) in [6.45, 7) is 6.87. The van der Waals surface area contributed by atoms with E-state index in [1.807, 2.05) is 0 Å². The largest absolute Gasteiger partial charge is 0.382 e. The number of nitrogens with one attached hydrogen (secondary N) is 1. The SMILES string of the molecule is CC1=C(C)C(c2cc(-c3ccccc3)ccc2NC2CCCCC2)=C(C)C1. The fourth-order valence-electron chi connectivity index (χ4n) is 4.74. The third kappa shape index (κ3) is 3.74. The molecule has 0 saturated heterocycles. The molecule has 0 heterocycles. The lowest BCUT2D eigenvalue weighted by molar-refractivity contribution is 0.462. The normalized spacial score (nSPS) is 18.3. The molecular formula is C26H31N. The quantitative estimate of drug-likeness (QED) is 0.593. The number of allylic oxidation sites excluding steroid dienone is 4. The highest BCUT2D eigenvalue weighted by atomic mass is 14.9. The molecule has 0 atom stereocenters. The Balaban J connectivity index is 1.78. The number of rotatable bonds is 4. The number of hydrogen-bond donors (Lipinski definition) is 1. The van der Waals surface area contributed by atoms with Crippen molar-refractivity contribution in [3.8, 4) is 11.1 Å². The smallest absolute Gasteiger partial charge is 0.0422 e. The molecule has 0 spiro atoms. The summed E-state index contributed by atoms with van der Waals surface area (Å²) in [5.74, 6) is 0. The molecule has 2 aromatic carbocycles. The van der Waals surface area contributed by atoms with E-state index in [0.29, 0.717) is 6.04 Å². The zero-order chi connectivity index (χ0) is 18.8. The summed E-state index contributed by atoms with van der Waals surface area (Å²) in [5, 5.41) is 3.90. The van der Waals surface area contributed by atoms with Crippen molar-refractivity contribution in [1.29, 1.82) is 0 Å². The van der Waals surface area contributed by atoms with Gasteiger partial charge in [-0.25, -0.2) is 0 Å². The minimum atomic E-state index is 0.618. The van der Waals surface area contributed by atoms with Crippen molar-refractivity contribution in [2.24, 2.45) is 0 Å². The summed E-state index contributed by atoms with van der Waals surface area (Å²) in [6, 6.07) is 18.4. The molecule has 1 heteroatoms. The van der Waals surface area contributed by atoms with Crippen molar-refractivity contribution >= 4 is 11.3 Å². The molecule has 0 unspecified atom stereocenters. The van der Waals surface area contributed by atoms with Gasteiger partial charge < -0.3 is 5.32 Å². The van der Waals surface area contributed by atoms with Crippen LogP contribution in [-0.4, -0.2) is 6.04 Å². The van der Waals surface area contributed by atoms with E-state index in [1.54, 1.807) is 0 Å². The fourth-order valence-corrected chi connectivity index (χ4v) is 4.74. The van der Waals surface area contributed by atoms with Gasteiger partial charge in [-0.3, -0.25) is 0 Å². The van der Waals surface area contributed by atoms with Crippen LogP contribution in [0.2, 0.25) is 0 Å². The highest BCUT2D eigenvalue weighted by Crippen LogP contribution is 2.42. The zero-order valence-corrected chi connectivity index (χ0v) is 16.9. The van der Waals surface area contributed by atoms with Crippen LogP contribution in [0.4, 0.5) is 5.69 Å². The molecule has 2 aliphatic rings. The van der Waals surface area contributed by atoms with Gasteiger partial charge in [0.1, 0.15) is 0 Å². The Bertz CT molecular complexity index is 880. The first kappa shape index (κ1) is 18.1. The van der Waals surface area contributed by atoms with Gasteiger partial charge in [0.2, 0.25) is 0 Å². The Hall–Kier alpha value is -2.28. The van der Waals surface area contributed by atoms with E-state index in [4.69, 9.17) is 0 Å². The molecule has 27 heavy (non-hydrogen) atoms. The first-order valence-corrected chi connectivity index (χ1v) is 10.5. The molecule has 1 N–H and O–H groups in total. The van der Waals surface area contributed by atoms with Gasteiger partial charge in [0, 0.05) is 17.3 Å². The lowest BCUT2D eigenvalue weighted by Gasteiger charge is -2.26. The predicted octanol–water partition coefficient (Wildman–Crippen LogP) is 7.61. The molecule has 0 amide bonds. The van der Waals surface area contributed by atoms with Crippen molar-refractivity contribution in [2.45, 2.75) is 65.3 Å². The molecule has 0 radical (unpaired) electrons. The van der Waals surface area contributed by atoms with E-state index in [-0.39, 0.29) is 0 Å². The molecule has 1 fully saturated rings. The van der Waals surface area contributed by atoms with E-state index < -0.39 is 0 Å². The molecule has 1 saturated carbocycles. The van der Waals surface area contributed by atoms with Crippen LogP contribution < -0.4 is 5.32 Å². The van der Waals surface area contributed by atoms with Gasteiger partial charge in [-0.1, -0.05) is 66.8 Å². The third-order valence-corrected chi connectivity index (χ3v) is 6.33. The topological polar surface area (TPSA) is 12.0 Å². The van der Waals surface area contributed by atoms with Crippen molar-refractivity contribution in [3.05, 3.63) is 70.8 Å². The second-order valence-electron chi connectivity index (χ2n) is 8.34. The van der Waals surface area contributed by atoms with Crippen LogP contribution in [0, 0.1) is 0 Å². The van der Waals surface area contributed by atoms with E-state index in [1.165, 1.54) is 76.8 Å². The van der Waals surface area contributed by atoms with E-state index in [2.05, 4.69) is 74.6 Å². The van der Waals surface area contributed by atoms with Gasteiger partial charge in [0.15, 0.2) is 0 Å². The lowest BCUT2D eigenvalue weighted by Crippen LogP contribution is -2.22. The van der Waals surface area contributed by atoms with Gasteiger partial charge in [0.25, 0.3) is 0 Å². The van der Waals surface area contributed by atoms with Gasteiger partial charge in [0.05, 0.1) is 0 Å². The summed E-state index contributed by atoms with van der Waals surface area (Å²) in [6.07, 6.45) is 7.81. The summed E-state index contributed by atoms with van der Waals surface area (Å²) >= 11 is 0. The summed E-state index contributed by atoms with van der Waals surface area (Å²) in [7, 11) is 0. The Morgan fingerprint density at radius 3 is 2.19 bits per heavy atom. The van der Waals surface area contributed by atoms with Crippen LogP contribution in [0.15, 0.2) is 65.3 Å². The van der Waals surface area contributed by atoms with Crippen LogP contribution >= 0.6 is 0 Å². The van der Waals surface area contributed by atoms with Crippen LogP contribution in [0.5, 0.6) is 0 Å². The van der Waals surface area contributed by atoms with E-state index >= 15 is 0 Å². The molecule has 0 bridgehead atoms. The number of hydrogen-bond acceptors (Lipinski definition) is 1. The molecule has 0 aromatic heterocycles. The highest BCUT2D eigenvalue weighted by Gasteiger charge is 2.22. The minimum absolute atomic E-state index is 0.618. The van der Waals surface area contributed by atoms with Gasteiger partial charge in [-0.05, 0) is 74.4 Å². The van der Waals surface area contributed by atoms with Crippen molar-refractivity contribution in [3.63, 3.8) is 0 Å². The maximum atomic E-state index is 3.90. The van der Waals surface area contributed by atoms with Crippen molar-refractivity contribution in [1.82, 2.24) is 0 Å². The van der Waals surface area contributed by atoms with Crippen LogP contribution in [0.1, 0.15) is 64.9 Å². The van der Waals surface area contributed by atoms with Gasteiger partial charge >= 0.3 is 0 Å². The van der Waals surface area contributed by atoms with Crippen molar-refractivity contribution < 1.29 is 0 Å². The molecular weight excluding hydrogens is 326 g/mol. The number of benzene rings is 2. The maximum Gasteiger partial charge on any atom is 0.0422 e.